The van der Waals surface area contributed by atoms with Crippen LogP contribution in [0, 0.1) is 5.92 Å². The van der Waals surface area contributed by atoms with Gasteiger partial charge in [-0.1, -0.05) is 80.6 Å². The third kappa shape index (κ3) is 8.42. The summed E-state index contributed by atoms with van der Waals surface area (Å²) in [7, 11) is 0. The van der Waals surface area contributed by atoms with Gasteiger partial charge in [0.05, 0.1) is 5.69 Å². The topological polar surface area (TPSA) is 125 Å². The molecular formula is C31H35N3O6. The SMILES string of the molecule is CC(=O)Nc1ccccc1OC(=O)[C@H](C)N(CC(C)C)C(=O)N[C@@H](Cc1ccc(-c2ccccc2)cc1)C(=O)O. The number of amides is 3. The predicted octanol–water partition coefficient (Wildman–Crippen LogP) is 4.97. The molecule has 210 valence electrons. The van der Waals surface area contributed by atoms with Gasteiger partial charge in [-0.2, -0.15) is 0 Å². The highest BCUT2D eigenvalue weighted by atomic mass is 16.5. The lowest BCUT2D eigenvalue weighted by molar-refractivity contribution is -0.139. The molecule has 0 spiro atoms. The van der Waals surface area contributed by atoms with Crippen molar-refractivity contribution in [2.24, 2.45) is 5.92 Å². The molecule has 0 heterocycles. The van der Waals surface area contributed by atoms with Crippen molar-refractivity contribution in [3.05, 3.63) is 84.4 Å². The summed E-state index contributed by atoms with van der Waals surface area (Å²) in [6.07, 6.45) is 0.0641. The third-order valence-corrected chi connectivity index (χ3v) is 6.14. The first-order valence-electron chi connectivity index (χ1n) is 13.1. The molecule has 3 aromatic rings. The molecule has 0 unspecified atom stereocenters. The van der Waals surface area contributed by atoms with E-state index in [-0.39, 0.29) is 30.5 Å². The molecule has 9 heteroatoms. The lowest BCUT2D eigenvalue weighted by Gasteiger charge is -2.30. The number of nitrogens with zero attached hydrogens (tertiary/aromatic N) is 1. The van der Waals surface area contributed by atoms with Crippen molar-refractivity contribution < 1.29 is 29.0 Å². The van der Waals surface area contributed by atoms with Crippen LogP contribution in [0.15, 0.2) is 78.9 Å². The number of carboxylic acid groups (broad SMARTS) is 1. The summed E-state index contributed by atoms with van der Waals surface area (Å²) < 4.78 is 5.53. The van der Waals surface area contributed by atoms with Crippen LogP contribution in [0.5, 0.6) is 5.75 Å². The molecule has 3 amide bonds. The number of carbonyl (C=O) groups is 4. The van der Waals surface area contributed by atoms with Gasteiger partial charge >= 0.3 is 18.0 Å². The number of para-hydroxylation sites is 2. The largest absolute Gasteiger partial charge is 0.480 e. The summed E-state index contributed by atoms with van der Waals surface area (Å²) in [6.45, 7) is 6.81. The Balaban J connectivity index is 1.73. The van der Waals surface area contributed by atoms with E-state index < -0.39 is 30.1 Å². The summed E-state index contributed by atoms with van der Waals surface area (Å²) in [6, 6.07) is 20.8. The number of aliphatic carboxylic acids is 1. The lowest BCUT2D eigenvalue weighted by Crippen LogP contribution is -2.54. The van der Waals surface area contributed by atoms with Gasteiger partial charge in [0, 0.05) is 19.9 Å². The minimum Gasteiger partial charge on any atom is -0.480 e. The Morgan fingerprint density at radius 2 is 1.45 bits per heavy atom. The van der Waals surface area contributed by atoms with E-state index >= 15 is 0 Å². The van der Waals surface area contributed by atoms with Gasteiger partial charge in [0.1, 0.15) is 12.1 Å². The van der Waals surface area contributed by atoms with Crippen molar-refractivity contribution in [2.75, 3.05) is 11.9 Å². The summed E-state index contributed by atoms with van der Waals surface area (Å²) in [4.78, 5) is 51.2. The Morgan fingerprint density at radius 3 is 2.05 bits per heavy atom. The van der Waals surface area contributed by atoms with Gasteiger partial charge in [-0.15, -0.1) is 0 Å². The molecule has 0 fully saturated rings. The smallest absolute Gasteiger partial charge is 0.334 e. The summed E-state index contributed by atoms with van der Waals surface area (Å²) >= 11 is 0. The van der Waals surface area contributed by atoms with Crippen molar-refractivity contribution in [3.63, 3.8) is 0 Å². The third-order valence-electron chi connectivity index (χ3n) is 6.14. The quantitative estimate of drug-likeness (QED) is 0.231. The van der Waals surface area contributed by atoms with Crippen LogP contribution in [0.25, 0.3) is 11.1 Å². The fourth-order valence-electron chi connectivity index (χ4n) is 4.11. The standard InChI is InChI=1S/C31H35N3O6/c1-20(2)19-34(21(3)30(38)40-28-13-9-8-12-26(28)32-22(4)35)31(39)33-27(29(36)37)18-23-14-16-25(17-15-23)24-10-6-5-7-11-24/h5-17,20-21,27H,18-19H2,1-4H3,(H,32,35)(H,33,39)(H,36,37)/t21-,27-/m0/s1. The molecule has 40 heavy (non-hydrogen) atoms. The van der Waals surface area contributed by atoms with Crippen LogP contribution in [0.4, 0.5) is 10.5 Å². The Labute approximate surface area is 234 Å². The first kappa shape index (κ1) is 29.9. The van der Waals surface area contributed by atoms with Crippen LogP contribution in [-0.2, 0) is 20.8 Å². The fourth-order valence-corrected chi connectivity index (χ4v) is 4.11. The first-order valence-corrected chi connectivity index (χ1v) is 13.1. The summed E-state index contributed by atoms with van der Waals surface area (Å²) in [5, 5.41) is 15.0. The van der Waals surface area contributed by atoms with Gasteiger partial charge in [0.25, 0.3) is 0 Å². The molecule has 3 N–H and O–H groups in total. The fraction of sp³-hybridized carbons (Fsp3) is 0.290. The van der Waals surface area contributed by atoms with Gasteiger partial charge in [-0.3, -0.25) is 4.79 Å². The van der Waals surface area contributed by atoms with Crippen LogP contribution in [0.1, 0.15) is 33.3 Å². The molecule has 0 radical (unpaired) electrons. The average molecular weight is 546 g/mol. The molecule has 0 aliphatic heterocycles. The normalized spacial score (nSPS) is 12.2. The van der Waals surface area contributed by atoms with E-state index in [2.05, 4.69) is 10.6 Å². The van der Waals surface area contributed by atoms with Crippen LogP contribution >= 0.6 is 0 Å². The molecule has 0 aromatic heterocycles. The molecule has 3 aromatic carbocycles. The Morgan fingerprint density at radius 1 is 0.850 bits per heavy atom. The number of benzene rings is 3. The number of anilines is 1. The minimum absolute atomic E-state index is 0.0125. The van der Waals surface area contributed by atoms with Gasteiger partial charge < -0.3 is 25.4 Å². The van der Waals surface area contributed by atoms with Crippen LogP contribution in [-0.4, -0.2) is 52.5 Å². The second kappa shape index (κ2) is 13.9. The molecule has 0 bridgehead atoms. The molecule has 2 atom stereocenters. The number of carbonyl (C=O) groups excluding carboxylic acids is 3. The van der Waals surface area contributed by atoms with Crippen LogP contribution in [0.2, 0.25) is 0 Å². The molecule has 0 aliphatic carbocycles. The van der Waals surface area contributed by atoms with E-state index in [0.29, 0.717) is 5.69 Å². The number of esters is 1. The molecule has 9 nitrogen and oxygen atoms in total. The van der Waals surface area contributed by atoms with E-state index in [1.807, 2.05) is 68.4 Å². The molecule has 0 aliphatic rings. The number of rotatable bonds is 11. The van der Waals surface area contributed by atoms with E-state index in [0.717, 1.165) is 16.7 Å². The predicted molar refractivity (Wildman–Crippen MR) is 153 cm³/mol. The average Bonchev–Trinajstić information content (AvgIpc) is 2.92. The molecule has 3 rings (SSSR count). The monoisotopic (exact) mass is 545 g/mol. The van der Waals surface area contributed by atoms with Crippen molar-refractivity contribution in [3.8, 4) is 16.9 Å². The van der Waals surface area contributed by atoms with E-state index in [9.17, 15) is 24.3 Å². The molecule has 0 saturated heterocycles. The summed E-state index contributed by atoms with van der Waals surface area (Å²) in [5.74, 6) is -2.11. The van der Waals surface area contributed by atoms with Crippen molar-refractivity contribution in [2.45, 2.75) is 46.2 Å². The van der Waals surface area contributed by atoms with Gasteiger partial charge in [-0.25, -0.2) is 14.4 Å². The number of nitrogens with one attached hydrogen (secondary N) is 2. The second-order valence-electron chi connectivity index (χ2n) is 9.93. The van der Waals surface area contributed by atoms with E-state index in [1.165, 1.54) is 24.8 Å². The number of hydrogen-bond donors (Lipinski definition) is 3. The number of carboxylic acids is 1. The Kier molecular flexibility index (Phi) is 10.4. The number of hydrogen-bond acceptors (Lipinski definition) is 5. The highest BCUT2D eigenvalue weighted by Crippen LogP contribution is 2.25. The zero-order valence-corrected chi connectivity index (χ0v) is 23.1. The lowest BCUT2D eigenvalue weighted by atomic mass is 10.0. The summed E-state index contributed by atoms with van der Waals surface area (Å²) in [5.41, 5.74) is 3.10. The van der Waals surface area contributed by atoms with Crippen LogP contribution in [0.3, 0.4) is 0 Å². The van der Waals surface area contributed by atoms with Crippen molar-refractivity contribution in [1.82, 2.24) is 10.2 Å². The number of urea groups is 1. The Hall–Kier alpha value is -4.66. The maximum absolute atomic E-state index is 13.3. The maximum Gasteiger partial charge on any atom is 0.334 e. The van der Waals surface area contributed by atoms with Crippen molar-refractivity contribution in [1.29, 1.82) is 0 Å². The minimum atomic E-state index is -1.21. The first-order chi connectivity index (χ1) is 19.0. The number of ether oxygens (including phenoxy) is 1. The molecular weight excluding hydrogens is 510 g/mol. The zero-order valence-electron chi connectivity index (χ0n) is 23.1. The van der Waals surface area contributed by atoms with E-state index in [1.54, 1.807) is 18.2 Å². The van der Waals surface area contributed by atoms with Gasteiger partial charge in [0.15, 0.2) is 5.75 Å². The van der Waals surface area contributed by atoms with Crippen LogP contribution < -0.4 is 15.4 Å². The van der Waals surface area contributed by atoms with Crippen molar-refractivity contribution >= 4 is 29.6 Å². The van der Waals surface area contributed by atoms with E-state index in [4.69, 9.17) is 4.74 Å². The van der Waals surface area contributed by atoms with Gasteiger partial charge in [0.2, 0.25) is 5.91 Å². The Bertz CT molecular complexity index is 1320. The second-order valence-corrected chi connectivity index (χ2v) is 9.93. The van der Waals surface area contributed by atoms with Gasteiger partial charge in [-0.05, 0) is 41.7 Å². The maximum atomic E-state index is 13.3. The highest BCUT2D eigenvalue weighted by molar-refractivity contribution is 5.92. The molecule has 0 saturated carbocycles. The highest BCUT2D eigenvalue weighted by Gasteiger charge is 2.31. The zero-order chi connectivity index (χ0) is 29.2.